The number of phosphoric acid groups is 1. The monoisotopic (exact) mass is 618 g/mol. The molecule has 9 heteroatoms. The van der Waals surface area contributed by atoms with Gasteiger partial charge in [0.1, 0.15) is 13.2 Å². The van der Waals surface area contributed by atoms with E-state index in [0.717, 1.165) is 44.9 Å². The number of hydrogen-bond donors (Lipinski definition) is 2. The summed E-state index contributed by atoms with van der Waals surface area (Å²) in [6.07, 6.45) is 25.7. The summed E-state index contributed by atoms with van der Waals surface area (Å²) < 4.78 is 22.9. The maximum Gasteiger partial charge on any atom is 0.268 e. The number of aliphatic hydroxyl groups excluding tert-OH is 1. The van der Waals surface area contributed by atoms with Crippen molar-refractivity contribution in [3.8, 4) is 0 Å². The van der Waals surface area contributed by atoms with Gasteiger partial charge in [0, 0.05) is 6.42 Å². The summed E-state index contributed by atoms with van der Waals surface area (Å²) in [5, 5.41) is 13.5. The Morgan fingerprint density at radius 1 is 0.810 bits per heavy atom. The Hall–Kier alpha value is -0.760. The van der Waals surface area contributed by atoms with Gasteiger partial charge in [-0.2, -0.15) is 0 Å². The quantitative estimate of drug-likeness (QED) is 0.0375. The third kappa shape index (κ3) is 28.0. The number of hydrogen-bond acceptors (Lipinski definition) is 6. The molecule has 8 nitrogen and oxygen atoms in total. The van der Waals surface area contributed by atoms with Crippen LogP contribution in [0.5, 0.6) is 0 Å². The number of carbonyl (C=O) groups is 1. The summed E-state index contributed by atoms with van der Waals surface area (Å²) in [5.74, 6) is -0.205. The highest BCUT2D eigenvalue weighted by Crippen LogP contribution is 2.38. The van der Waals surface area contributed by atoms with E-state index < -0.39 is 20.0 Å². The Balaban J connectivity index is 4.33. The Kier molecular flexibility index (Phi) is 26.1. The first-order valence-corrected chi connectivity index (χ1v) is 18.5. The van der Waals surface area contributed by atoms with Crippen molar-refractivity contribution in [2.45, 2.75) is 154 Å². The second kappa shape index (κ2) is 26.6. The minimum absolute atomic E-state index is 0.000379. The van der Waals surface area contributed by atoms with Gasteiger partial charge < -0.3 is 28.8 Å². The lowest BCUT2D eigenvalue weighted by atomic mass is 10.0. The Bertz CT molecular complexity index is 713. The molecular weight excluding hydrogens is 551 g/mol. The fourth-order valence-electron chi connectivity index (χ4n) is 4.68. The van der Waals surface area contributed by atoms with E-state index in [1.165, 1.54) is 77.0 Å². The molecule has 0 spiro atoms. The van der Waals surface area contributed by atoms with Crippen LogP contribution in [0, 0.1) is 0 Å². The van der Waals surface area contributed by atoms with E-state index in [4.69, 9.17) is 9.05 Å². The van der Waals surface area contributed by atoms with Gasteiger partial charge in [0.2, 0.25) is 5.91 Å². The predicted molar refractivity (Wildman–Crippen MR) is 173 cm³/mol. The van der Waals surface area contributed by atoms with Crippen LogP contribution in [0.25, 0.3) is 0 Å². The number of likely N-dealkylation sites (N-methyl/N-ethyl adjacent to an activating group) is 1. The molecule has 3 atom stereocenters. The molecule has 250 valence electrons. The standard InChI is InChI=1S/C33H67N2O6P/c1-6-8-10-12-13-14-15-16-17-18-19-20-21-23-25-27-33(37)34-31(32(36)26-24-22-11-9-7-2)30-41-42(38,39)40-29-28-35(3,4)5/h24,26,31-32,36H,6-23,25,27-30H2,1-5H3,(H-,34,37,38,39)/b26-24+. The number of rotatable bonds is 30. The number of quaternary nitrogens is 1. The first-order valence-electron chi connectivity index (χ1n) is 17.1. The van der Waals surface area contributed by atoms with E-state index in [9.17, 15) is 19.4 Å². The molecule has 0 aromatic carbocycles. The second-order valence-electron chi connectivity index (χ2n) is 12.9. The summed E-state index contributed by atoms with van der Waals surface area (Å²) in [4.78, 5) is 24.9. The van der Waals surface area contributed by atoms with Gasteiger partial charge in [0.15, 0.2) is 0 Å². The van der Waals surface area contributed by atoms with Crippen molar-refractivity contribution in [3.63, 3.8) is 0 Å². The highest BCUT2D eigenvalue weighted by atomic mass is 31.2. The van der Waals surface area contributed by atoms with E-state index in [0.29, 0.717) is 17.4 Å². The summed E-state index contributed by atoms with van der Waals surface area (Å²) in [5.41, 5.74) is 0. The zero-order valence-corrected chi connectivity index (χ0v) is 28.9. The fourth-order valence-corrected chi connectivity index (χ4v) is 5.40. The lowest BCUT2D eigenvalue weighted by molar-refractivity contribution is -0.870. The number of allylic oxidation sites excluding steroid dienone is 1. The van der Waals surface area contributed by atoms with Gasteiger partial charge >= 0.3 is 0 Å². The molecule has 0 fully saturated rings. The van der Waals surface area contributed by atoms with Crippen LogP contribution in [-0.2, 0) is 18.4 Å². The number of nitrogens with one attached hydrogen (secondary N) is 1. The largest absolute Gasteiger partial charge is 0.756 e. The third-order valence-electron chi connectivity index (χ3n) is 7.50. The highest BCUT2D eigenvalue weighted by Gasteiger charge is 2.23. The second-order valence-corrected chi connectivity index (χ2v) is 14.3. The van der Waals surface area contributed by atoms with E-state index in [-0.39, 0.29) is 19.1 Å². The van der Waals surface area contributed by atoms with Gasteiger partial charge in [0.05, 0.1) is 39.9 Å². The molecule has 0 rings (SSSR count). The number of aliphatic hydroxyl groups is 1. The van der Waals surface area contributed by atoms with Gasteiger partial charge in [0.25, 0.3) is 7.82 Å². The minimum Gasteiger partial charge on any atom is -0.756 e. The summed E-state index contributed by atoms with van der Waals surface area (Å²) >= 11 is 0. The van der Waals surface area contributed by atoms with Crippen molar-refractivity contribution >= 4 is 13.7 Å². The van der Waals surface area contributed by atoms with Crippen molar-refractivity contribution < 1.29 is 32.9 Å². The van der Waals surface area contributed by atoms with Crippen LogP contribution in [0.15, 0.2) is 12.2 Å². The van der Waals surface area contributed by atoms with E-state index in [1.807, 2.05) is 27.2 Å². The summed E-state index contributed by atoms with van der Waals surface area (Å²) in [6, 6.07) is -0.875. The molecular formula is C33H67N2O6P. The van der Waals surface area contributed by atoms with Gasteiger partial charge in [-0.3, -0.25) is 9.36 Å². The van der Waals surface area contributed by atoms with Gasteiger partial charge in [-0.25, -0.2) is 0 Å². The maximum absolute atomic E-state index is 12.6. The number of unbranched alkanes of at least 4 members (excludes halogenated alkanes) is 17. The molecule has 0 aliphatic carbocycles. The zero-order valence-electron chi connectivity index (χ0n) is 28.0. The molecule has 0 aromatic heterocycles. The highest BCUT2D eigenvalue weighted by molar-refractivity contribution is 7.45. The topological polar surface area (TPSA) is 108 Å². The van der Waals surface area contributed by atoms with Crippen LogP contribution >= 0.6 is 7.82 Å². The molecule has 0 aliphatic heterocycles. The normalized spacial score (nSPS) is 15.1. The van der Waals surface area contributed by atoms with Crippen LogP contribution in [0.4, 0.5) is 0 Å². The van der Waals surface area contributed by atoms with Crippen molar-refractivity contribution in [1.29, 1.82) is 0 Å². The van der Waals surface area contributed by atoms with Crippen LogP contribution < -0.4 is 10.2 Å². The van der Waals surface area contributed by atoms with E-state index >= 15 is 0 Å². The van der Waals surface area contributed by atoms with Crippen LogP contribution in [0.2, 0.25) is 0 Å². The first kappa shape index (κ1) is 41.2. The summed E-state index contributed by atoms with van der Waals surface area (Å²) in [7, 11) is 1.26. The molecule has 3 unspecified atom stereocenters. The molecule has 0 saturated carbocycles. The Morgan fingerprint density at radius 3 is 1.79 bits per heavy atom. The number of nitrogens with zero attached hydrogens (tertiary/aromatic N) is 1. The molecule has 42 heavy (non-hydrogen) atoms. The average Bonchev–Trinajstić information content (AvgIpc) is 2.92. The van der Waals surface area contributed by atoms with Crippen molar-refractivity contribution in [2.24, 2.45) is 0 Å². The maximum atomic E-state index is 12.6. The molecule has 0 bridgehead atoms. The van der Waals surface area contributed by atoms with Crippen LogP contribution in [0.3, 0.4) is 0 Å². The Labute approximate surface area is 259 Å². The first-order chi connectivity index (χ1) is 20.0. The molecule has 2 N–H and O–H groups in total. The van der Waals surface area contributed by atoms with Crippen molar-refractivity contribution in [3.05, 3.63) is 12.2 Å². The van der Waals surface area contributed by atoms with Crippen molar-refractivity contribution in [2.75, 3.05) is 40.9 Å². The lowest BCUT2D eigenvalue weighted by Crippen LogP contribution is -2.45. The van der Waals surface area contributed by atoms with Crippen LogP contribution in [0.1, 0.15) is 142 Å². The average molecular weight is 619 g/mol. The lowest BCUT2D eigenvalue weighted by Gasteiger charge is -2.29. The number of phosphoric ester groups is 1. The molecule has 0 heterocycles. The van der Waals surface area contributed by atoms with Crippen molar-refractivity contribution in [1.82, 2.24) is 5.32 Å². The molecule has 1 amide bonds. The predicted octanol–water partition coefficient (Wildman–Crippen LogP) is 7.44. The summed E-state index contributed by atoms with van der Waals surface area (Å²) in [6.45, 7) is 4.51. The smallest absolute Gasteiger partial charge is 0.268 e. The van der Waals surface area contributed by atoms with Gasteiger partial charge in [-0.15, -0.1) is 0 Å². The molecule has 0 saturated heterocycles. The van der Waals surface area contributed by atoms with E-state index in [1.54, 1.807) is 6.08 Å². The SMILES string of the molecule is CCCCC/C=C/C(O)C(COP(=O)([O-])OCC[N+](C)(C)C)NC(=O)CCCCCCCCCCCCCCCCC. The molecule has 0 aliphatic rings. The van der Waals surface area contributed by atoms with E-state index in [2.05, 4.69) is 19.2 Å². The third-order valence-corrected chi connectivity index (χ3v) is 8.46. The fraction of sp³-hybridized carbons (Fsp3) is 0.909. The molecule has 0 radical (unpaired) electrons. The molecule has 0 aromatic rings. The number of amides is 1. The van der Waals surface area contributed by atoms with Gasteiger partial charge in [-0.1, -0.05) is 129 Å². The van der Waals surface area contributed by atoms with Crippen LogP contribution in [-0.4, -0.2) is 68.5 Å². The Morgan fingerprint density at radius 2 is 1.29 bits per heavy atom. The zero-order chi connectivity index (χ0) is 31.5. The minimum atomic E-state index is -4.56. The van der Waals surface area contributed by atoms with Gasteiger partial charge in [-0.05, 0) is 19.3 Å². The number of carbonyl (C=O) groups excluding carboxylic acids is 1.